The van der Waals surface area contributed by atoms with E-state index in [1.54, 1.807) is 18.2 Å². The molecule has 0 fully saturated rings. The van der Waals surface area contributed by atoms with Crippen LogP contribution in [0.5, 0.6) is 17.2 Å². The minimum atomic E-state index is -4.04. The topological polar surface area (TPSA) is 103 Å². The van der Waals surface area contributed by atoms with Crippen LogP contribution in [0, 0.1) is 0 Å². The molecule has 1 aliphatic heterocycles. The second-order valence-electron chi connectivity index (χ2n) is 5.99. The van der Waals surface area contributed by atoms with Crippen molar-refractivity contribution in [2.45, 2.75) is 17.9 Å². The Labute approximate surface area is 167 Å². The molecule has 0 bridgehead atoms. The fourth-order valence-corrected chi connectivity index (χ4v) is 4.22. The van der Waals surface area contributed by atoms with Crippen LogP contribution < -0.4 is 24.2 Å². The van der Waals surface area contributed by atoms with Gasteiger partial charge in [-0.15, -0.1) is 0 Å². The van der Waals surface area contributed by atoms with Crippen molar-refractivity contribution < 1.29 is 27.4 Å². The van der Waals surface area contributed by atoms with Crippen molar-refractivity contribution in [2.24, 2.45) is 0 Å². The van der Waals surface area contributed by atoms with Gasteiger partial charge in [-0.3, -0.25) is 4.79 Å². The minimum absolute atomic E-state index is 0.122. The molecular formula is C18H19ClN2O6S. The maximum Gasteiger partial charge on any atom is 0.245 e. The van der Waals surface area contributed by atoms with Crippen molar-refractivity contribution >= 4 is 33.2 Å². The van der Waals surface area contributed by atoms with Crippen LogP contribution in [0.3, 0.4) is 0 Å². The number of nitrogens with one attached hydrogen (secondary N) is 2. The number of fused-ring (bicyclic) bond motifs is 1. The summed E-state index contributed by atoms with van der Waals surface area (Å²) in [5.74, 6) is 0.685. The highest BCUT2D eigenvalue weighted by Crippen LogP contribution is 2.32. The van der Waals surface area contributed by atoms with Crippen molar-refractivity contribution in [2.75, 3.05) is 25.6 Å². The first-order valence-corrected chi connectivity index (χ1v) is 10.2. The average Bonchev–Trinajstić information content (AvgIpc) is 2.67. The van der Waals surface area contributed by atoms with E-state index < -0.39 is 22.0 Å². The minimum Gasteiger partial charge on any atom is -0.495 e. The van der Waals surface area contributed by atoms with E-state index in [4.69, 9.17) is 25.8 Å². The zero-order valence-corrected chi connectivity index (χ0v) is 16.8. The SMILES string of the molecule is COc1ccc(Cl)cc1S(=O)(=O)N[C@@H](C)C(=O)Nc1ccc2c(c1)OCCO2. The largest absolute Gasteiger partial charge is 0.495 e. The second kappa shape index (κ2) is 8.26. The van der Waals surface area contributed by atoms with E-state index in [-0.39, 0.29) is 15.7 Å². The van der Waals surface area contributed by atoms with Gasteiger partial charge < -0.3 is 19.5 Å². The molecule has 0 aliphatic carbocycles. The third kappa shape index (κ3) is 4.49. The van der Waals surface area contributed by atoms with Crippen molar-refractivity contribution in [1.82, 2.24) is 4.72 Å². The number of carbonyl (C=O) groups excluding carboxylic acids is 1. The molecule has 0 unspecified atom stereocenters. The molecule has 1 aliphatic rings. The van der Waals surface area contributed by atoms with Crippen LogP contribution >= 0.6 is 11.6 Å². The smallest absolute Gasteiger partial charge is 0.245 e. The van der Waals surface area contributed by atoms with Gasteiger partial charge in [0.05, 0.1) is 13.2 Å². The molecule has 0 saturated carbocycles. The Morgan fingerprint density at radius 1 is 1.14 bits per heavy atom. The number of sulfonamides is 1. The van der Waals surface area contributed by atoms with Crippen LogP contribution in [0.25, 0.3) is 0 Å². The van der Waals surface area contributed by atoms with Crippen LogP contribution in [0.4, 0.5) is 5.69 Å². The number of rotatable bonds is 6. The number of hydrogen-bond acceptors (Lipinski definition) is 6. The van der Waals surface area contributed by atoms with Gasteiger partial charge in [0.2, 0.25) is 15.9 Å². The molecule has 1 amide bonds. The summed E-state index contributed by atoms with van der Waals surface area (Å²) in [6.45, 7) is 2.31. The fraction of sp³-hybridized carbons (Fsp3) is 0.278. The number of halogens is 1. The number of carbonyl (C=O) groups is 1. The average molecular weight is 427 g/mol. The normalized spacial score (nSPS) is 14.2. The number of benzene rings is 2. The molecule has 2 N–H and O–H groups in total. The third-order valence-corrected chi connectivity index (χ3v) is 5.75. The summed E-state index contributed by atoms with van der Waals surface area (Å²) in [5.41, 5.74) is 0.459. The predicted molar refractivity (Wildman–Crippen MR) is 104 cm³/mol. The van der Waals surface area contributed by atoms with Crippen LogP contribution in [0.1, 0.15) is 6.92 Å². The molecule has 0 saturated heterocycles. The quantitative estimate of drug-likeness (QED) is 0.735. The number of ether oxygens (including phenoxy) is 3. The summed E-state index contributed by atoms with van der Waals surface area (Å²) in [6, 6.07) is 8.10. The van der Waals surface area contributed by atoms with Gasteiger partial charge in [0.25, 0.3) is 0 Å². The van der Waals surface area contributed by atoms with E-state index in [2.05, 4.69) is 10.0 Å². The Bertz CT molecular complexity index is 996. The third-order valence-electron chi connectivity index (χ3n) is 3.95. The van der Waals surface area contributed by atoms with Gasteiger partial charge in [-0.25, -0.2) is 8.42 Å². The Balaban J connectivity index is 1.72. The molecule has 0 spiro atoms. The van der Waals surface area contributed by atoms with Gasteiger partial charge in [0.1, 0.15) is 23.9 Å². The van der Waals surface area contributed by atoms with Crippen LogP contribution in [0.2, 0.25) is 5.02 Å². The Hall–Kier alpha value is -2.49. The summed E-state index contributed by atoms with van der Waals surface area (Å²) in [4.78, 5) is 12.3. The second-order valence-corrected chi connectivity index (χ2v) is 8.10. The summed E-state index contributed by atoms with van der Waals surface area (Å²) in [6.07, 6.45) is 0. The number of amides is 1. The lowest BCUT2D eigenvalue weighted by Crippen LogP contribution is -2.41. The van der Waals surface area contributed by atoms with Gasteiger partial charge in [-0.05, 0) is 37.3 Å². The first-order chi connectivity index (χ1) is 13.3. The molecule has 10 heteroatoms. The summed E-state index contributed by atoms with van der Waals surface area (Å²) >= 11 is 5.90. The fourth-order valence-electron chi connectivity index (χ4n) is 2.58. The lowest BCUT2D eigenvalue weighted by atomic mass is 10.2. The lowest BCUT2D eigenvalue weighted by Gasteiger charge is -2.20. The molecule has 2 aromatic carbocycles. The number of hydrogen-bond donors (Lipinski definition) is 2. The molecule has 1 atom stereocenters. The van der Waals surface area contributed by atoms with Gasteiger partial charge in [-0.1, -0.05) is 11.6 Å². The zero-order chi connectivity index (χ0) is 20.3. The molecule has 3 rings (SSSR count). The molecule has 0 aromatic heterocycles. The lowest BCUT2D eigenvalue weighted by molar-refractivity contribution is -0.117. The highest BCUT2D eigenvalue weighted by Gasteiger charge is 2.25. The summed E-state index contributed by atoms with van der Waals surface area (Å²) in [7, 11) is -2.69. The van der Waals surface area contributed by atoms with E-state index in [9.17, 15) is 13.2 Å². The van der Waals surface area contributed by atoms with E-state index in [0.29, 0.717) is 30.4 Å². The Kier molecular flexibility index (Phi) is 5.97. The van der Waals surface area contributed by atoms with E-state index in [1.165, 1.54) is 32.2 Å². The highest BCUT2D eigenvalue weighted by molar-refractivity contribution is 7.89. The number of methoxy groups -OCH3 is 1. The van der Waals surface area contributed by atoms with E-state index >= 15 is 0 Å². The van der Waals surface area contributed by atoms with Gasteiger partial charge in [0, 0.05) is 16.8 Å². The first kappa shape index (κ1) is 20.2. The van der Waals surface area contributed by atoms with Crippen molar-refractivity contribution in [3.8, 4) is 17.2 Å². The zero-order valence-electron chi connectivity index (χ0n) is 15.2. The maximum atomic E-state index is 12.7. The molecule has 0 radical (unpaired) electrons. The molecule has 150 valence electrons. The summed E-state index contributed by atoms with van der Waals surface area (Å²) in [5, 5.41) is 2.88. The van der Waals surface area contributed by atoms with Crippen molar-refractivity contribution in [3.05, 3.63) is 41.4 Å². The van der Waals surface area contributed by atoms with Crippen LogP contribution in [0.15, 0.2) is 41.3 Å². The molecule has 1 heterocycles. The molecular weight excluding hydrogens is 408 g/mol. The Morgan fingerprint density at radius 3 is 2.57 bits per heavy atom. The van der Waals surface area contributed by atoms with Gasteiger partial charge in [0.15, 0.2) is 11.5 Å². The van der Waals surface area contributed by atoms with Gasteiger partial charge >= 0.3 is 0 Å². The van der Waals surface area contributed by atoms with E-state index in [0.717, 1.165) is 0 Å². The van der Waals surface area contributed by atoms with E-state index in [1.807, 2.05) is 0 Å². The maximum absolute atomic E-state index is 12.7. The van der Waals surface area contributed by atoms with Crippen LogP contribution in [-0.2, 0) is 14.8 Å². The van der Waals surface area contributed by atoms with Crippen LogP contribution in [-0.4, -0.2) is 40.7 Å². The molecule has 28 heavy (non-hydrogen) atoms. The Morgan fingerprint density at radius 2 is 1.86 bits per heavy atom. The highest BCUT2D eigenvalue weighted by atomic mass is 35.5. The number of anilines is 1. The monoisotopic (exact) mass is 426 g/mol. The summed E-state index contributed by atoms with van der Waals surface area (Å²) < 4.78 is 43.6. The predicted octanol–water partition coefficient (Wildman–Crippen LogP) is 2.43. The molecule has 8 nitrogen and oxygen atoms in total. The molecule has 2 aromatic rings. The van der Waals surface area contributed by atoms with Gasteiger partial charge in [-0.2, -0.15) is 4.72 Å². The first-order valence-electron chi connectivity index (χ1n) is 8.36. The van der Waals surface area contributed by atoms with Crippen molar-refractivity contribution in [1.29, 1.82) is 0 Å². The van der Waals surface area contributed by atoms with Crippen molar-refractivity contribution in [3.63, 3.8) is 0 Å². The standard InChI is InChI=1S/C18H19ClN2O6S/c1-11(21-28(23,24)17-9-12(19)3-5-15(17)25-2)18(22)20-13-4-6-14-16(10-13)27-8-7-26-14/h3-6,9-11,21H,7-8H2,1-2H3,(H,20,22)/t11-/m0/s1.